The summed E-state index contributed by atoms with van der Waals surface area (Å²) in [5.41, 5.74) is 3.45. The van der Waals surface area contributed by atoms with Gasteiger partial charge < -0.3 is 10.1 Å². The highest BCUT2D eigenvalue weighted by atomic mass is 79.9. The molecule has 0 aliphatic carbocycles. The molecule has 0 fully saturated rings. The Bertz CT molecular complexity index is 984. The zero-order valence-electron chi connectivity index (χ0n) is 14.3. The number of amides is 1. The van der Waals surface area contributed by atoms with Gasteiger partial charge in [-0.2, -0.15) is 0 Å². The molecule has 3 rings (SSSR count). The Hall–Kier alpha value is -2.74. The lowest BCUT2D eigenvalue weighted by Crippen LogP contribution is -2.21. The summed E-state index contributed by atoms with van der Waals surface area (Å²) in [5.74, 6) is -1.00. The molecule has 2 aromatic carbocycles. The first-order valence-electron chi connectivity index (χ1n) is 8.04. The van der Waals surface area contributed by atoms with Crippen molar-refractivity contribution >= 4 is 44.5 Å². The number of halogens is 1. The molecule has 0 bridgehead atoms. The highest BCUT2D eigenvalue weighted by Crippen LogP contribution is 2.23. The van der Waals surface area contributed by atoms with Crippen molar-refractivity contribution in [1.29, 1.82) is 0 Å². The third kappa shape index (κ3) is 3.91. The summed E-state index contributed by atoms with van der Waals surface area (Å²) in [5, 5.41) is 10.7. The Kier molecular flexibility index (Phi) is 5.32. The smallest absolute Gasteiger partial charge is 0.338 e. The zero-order valence-corrected chi connectivity index (χ0v) is 15.9. The van der Waals surface area contributed by atoms with Gasteiger partial charge >= 0.3 is 5.97 Å². The number of nitrogens with one attached hydrogen (secondary N) is 1. The number of rotatable bonds is 5. The topological polar surface area (TPSA) is 86.1 Å². The van der Waals surface area contributed by atoms with E-state index in [4.69, 9.17) is 4.74 Å². The van der Waals surface area contributed by atoms with E-state index in [0.29, 0.717) is 23.3 Å². The van der Waals surface area contributed by atoms with E-state index in [1.165, 1.54) is 0 Å². The number of esters is 1. The standard InChI is InChI=1S/C18H17BrN4O3/c1-3-23-16-7-5-12(9-15(16)21-22-23)18(25)26-10-17(24)20-14-6-4-11(2)8-13(14)19/h4-9H,3,10H2,1-2H3,(H,20,24). The van der Waals surface area contributed by atoms with Crippen molar-refractivity contribution < 1.29 is 14.3 Å². The molecule has 1 amide bonds. The van der Waals surface area contributed by atoms with E-state index in [1.807, 2.05) is 26.0 Å². The van der Waals surface area contributed by atoms with E-state index in [9.17, 15) is 9.59 Å². The first-order valence-corrected chi connectivity index (χ1v) is 8.83. The van der Waals surface area contributed by atoms with Gasteiger partial charge in [-0.15, -0.1) is 5.10 Å². The molecule has 0 unspecified atom stereocenters. The number of carbonyl (C=O) groups excluding carboxylic acids is 2. The molecular formula is C18H17BrN4O3. The lowest BCUT2D eigenvalue weighted by molar-refractivity contribution is -0.119. The Morgan fingerprint density at radius 1 is 1.23 bits per heavy atom. The van der Waals surface area contributed by atoms with Crippen LogP contribution in [-0.4, -0.2) is 33.5 Å². The minimum atomic E-state index is -0.587. The van der Waals surface area contributed by atoms with Gasteiger partial charge in [-0.3, -0.25) is 4.79 Å². The molecule has 1 N–H and O–H groups in total. The Morgan fingerprint density at radius 2 is 2.04 bits per heavy atom. The van der Waals surface area contributed by atoms with Crippen LogP contribution >= 0.6 is 15.9 Å². The van der Waals surface area contributed by atoms with Gasteiger partial charge in [0.1, 0.15) is 5.52 Å². The van der Waals surface area contributed by atoms with Crippen LogP contribution in [0, 0.1) is 6.92 Å². The fraction of sp³-hybridized carbons (Fsp3) is 0.222. The van der Waals surface area contributed by atoms with Crippen molar-refractivity contribution in [3.05, 3.63) is 52.0 Å². The molecule has 1 aromatic heterocycles. The van der Waals surface area contributed by atoms with Crippen LogP contribution in [0.15, 0.2) is 40.9 Å². The van der Waals surface area contributed by atoms with Crippen LogP contribution in [0.25, 0.3) is 11.0 Å². The molecule has 134 valence electrons. The van der Waals surface area contributed by atoms with Crippen molar-refractivity contribution in [2.24, 2.45) is 0 Å². The van der Waals surface area contributed by atoms with Crippen LogP contribution < -0.4 is 5.32 Å². The molecule has 0 aliphatic rings. The SMILES string of the molecule is CCn1nnc2cc(C(=O)OCC(=O)Nc3ccc(C)cc3Br)ccc21. The number of ether oxygens (including phenoxy) is 1. The number of hydrogen-bond acceptors (Lipinski definition) is 5. The van der Waals surface area contributed by atoms with Crippen molar-refractivity contribution in [3.63, 3.8) is 0 Å². The van der Waals surface area contributed by atoms with E-state index in [1.54, 1.807) is 28.9 Å². The van der Waals surface area contributed by atoms with Gasteiger partial charge in [0.15, 0.2) is 6.61 Å². The predicted molar refractivity (Wildman–Crippen MR) is 101 cm³/mol. The molecule has 0 aliphatic heterocycles. The summed E-state index contributed by atoms with van der Waals surface area (Å²) in [4.78, 5) is 24.2. The fourth-order valence-corrected chi connectivity index (χ4v) is 3.05. The van der Waals surface area contributed by atoms with Gasteiger partial charge in [-0.25, -0.2) is 9.48 Å². The van der Waals surface area contributed by atoms with E-state index in [-0.39, 0.29) is 6.61 Å². The number of aryl methyl sites for hydroxylation is 2. The first-order chi connectivity index (χ1) is 12.5. The second-order valence-electron chi connectivity index (χ2n) is 5.72. The summed E-state index contributed by atoms with van der Waals surface area (Å²) in [6.45, 7) is 4.23. The highest BCUT2D eigenvalue weighted by molar-refractivity contribution is 9.10. The van der Waals surface area contributed by atoms with Crippen LogP contribution in [0.2, 0.25) is 0 Å². The number of carbonyl (C=O) groups is 2. The number of fused-ring (bicyclic) bond motifs is 1. The number of nitrogens with zero attached hydrogens (tertiary/aromatic N) is 3. The Balaban J connectivity index is 1.62. The molecule has 0 spiro atoms. The van der Waals surface area contributed by atoms with Crippen LogP contribution in [0.3, 0.4) is 0 Å². The van der Waals surface area contributed by atoms with Gasteiger partial charge in [-0.05, 0) is 65.7 Å². The summed E-state index contributed by atoms with van der Waals surface area (Å²) >= 11 is 3.39. The quantitative estimate of drug-likeness (QED) is 0.644. The lowest BCUT2D eigenvalue weighted by atomic mass is 10.2. The number of aromatic nitrogens is 3. The number of benzene rings is 2. The van der Waals surface area contributed by atoms with Gasteiger partial charge in [0.2, 0.25) is 0 Å². The average Bonchev–Trinajstić information content (AvgIpc) is 3.04. The van der Waals surface area contributed by atoms with Gasteiger partial charge in [0, 0.05) is 11.0 Å². The normalized spacial score (nSPS) is 10.7. The second kappa shape index (κ2) is 7.65. The second-order valence-corrected chi connectivity index (χ2v) is 6.57. The molecule has 0 saturated heterocycles. The largest absolute Gasteiger partial charge is 0.452 e. The number of anilines is 1. The van der Waals surface area contributed by atoms with Crippen LogP contribution in [0.1, 0.15) is 22.8 Å². The summed E-state index contributed by atoms with van der Waals surface area (Å²) in [6, 6.07) is 10.5. The van der Waals surface area contributed by atoms with Crippen LogP contribution in [0.4, 0.5) is 5.69 Å². The maximum Gasteiger partial charge on any atom is 0.338 e. The Labute approximate surface area is 158 Å². The summed E-state index contributed by atoms with van der Waals surface area (Å²) < 4.78 is 7.59. The minimum Gasteiger partial charge on any atom is -0.452 e. The van der Waals surface area contributed by atoms with E-state index in [0.717, 1.165) is 15.6 Å². The van der Waals surface area contributed by atoms with Crippen LogP contribution in [0.5, 0.6) is 0 Å². The van der Waals surface area contributed by atoms with E-state index < -0.39 is 11.9 Å². The highest BCUT2D eigenvalue weighted by Gasteiger charge is 2.13. The molecule has 0 radical (unpaired) electrons. The predicted octanol–water partition coefficient (Wildman–Crippen LogP) is 3.32. The fourth-order valence-electron chi connectivity index (χ4n) is 2.45. The third-order valence-corrected chi connectivity index (χ3v) is 4.44. The first kappa shape index (κ1) is 18.1. The summed E-state index contributed by atoms with van der Waals surface area (Å²) in [6.07, 6.45) is 0. The van der Waals surface area contributed by atoms with Crippen molar-refractivity contribution in [2.45, 2.75) is 20.4 Å². The third-order valence-electron chi connectivity index (χ3n) is 3.78. The molecule has 0 atom stereocenters. The van der Waals surface area contributed by atoms with Gasteiger partial charge in [0.05, 0.1) is 16.8 Å². The van der Waals surface area contributed by atoms with Gasteiger partial charge in [-0.1, -0.05) is 11.3 Å². The molecule has 0 saturated carbocycles. The van der Waals surface area contributed by atoms with Crippen molar-refractivity contribution in [1.82, 2.24) is 15.0 Å². The average molecular weight is 417 g/mol. The van der Waals surface area contributed by atoms with Gasteiger partial charge in [0.25, 0.3) is 5.91 Å². The Morgan fingerprint density at radius 3 is 2.77 bits per heavy atom. The summed E-state index contributed by atoms with van der Waals surface area (Å²) in [7, 11) is 0. The molecule has 1 heterocycles. The van der Waals surface area contributed by atoms with E-state index >= 15 is 0 Å². The van der Waals surface area contributed by atoms with Crippen molar-refractivity contribution in [3.8, 4) is 0 Å². The number of hydrogen-bond donors (Lipinski definition) is 1. The molecule has 8 heteroatoms. The van der Waals surface area contributed by atoms with E-state index in [2.05, 4.69) is 31.6 Å². The monoisotopic (exact) mass is 416 g/mol. The lowest BCUT2D eigenvalue weighted by Gasteiger charge is -2.09. The minimum absolute atomic E-state index is 0.324. The molecule has 7 nitrogen and oxygen atoms in total. The zero-order chi connectivity index (χ0) is 18.7. The molecule has 3 aromatic rings. The maximum atomic E-state index is 12.2. The maximum absolute atomic E-state index is 12.2. The molecular weight excluding hydrogens is 400 g/mol. The molecule has 26 heavy (non-hydrogen) atoms. The van der Waals surface area contributed by atoms with Crippen LogP contribution in [-0.2, 0) is 16.1 Å². The van der Waals surface area contributed by atoms with Crippen molar-refractivity contribution in [2.75, 3.05) is 11.9 Å².